The van der Waals surface area contributed by atoms with Crippen LogP contribution >= 0.6 is 7.60 Å². The summed E-state index contributed by atoms with van der Waals surface area (Å²) in [4.78, 5) is 61.0. The zero-order valence-electron chi connectivity index (χ0n) is 17.3. The first-order valence-electron chi connectivity index (χ1n) is 9.24. The molecule has 0 aromatic rings. The SMILES string of the molecule is CN(C)C(=O)OC(OC(=O)N(C)C)OP(=O)(O)CCN1CCCNC2C(=O)C(=O)C21. The standard InChI is InChI=1S/C16H27N4O9P/c1-18(2)14(23)27-16(28-15(24)19(3)4)29-30(25,26)9-8-20-7-5-6-17-10-11(20)13(22)12(10)21/h10-11,16-17H,5-9H2,1-4H3,(H,25,26). The quantitative estimate of drug-likeness (QED) is 0.280. The molecule has 14 heteroatoms. The van der Waals surface area contributed by atoms with E-state index >= 15 is 0 Å². The summed E-state index contributed by atoms with van der Waals surface area (Å²) in [5.74, 6) is -1.04. The Morgan fingerprint density at radius 1 is 1.17 bits per heavy atom. The Kier molecular flexibility index (Phi) is 7.94. The smallest absolute Gasteiger partial charge is 0.383 e. The summed E-state index contributed by atoms with van der Waals surface area (Å²) in [5, 5.41) is 2.99. The number of ether oxygens (including phenoxy) is 2. The molecule has 2 aliphatic rings. The van der Waals surface area contributed by atoms with Gasteiger partial charge in [0.05, 0.1) is 18.2 Å². The third-order valence-corrected chi connectivity index (χ3v) is 5.80. The molecule has 1 saturated carbocycles. The van der Waals surface area contributed by atoms with Crippen LogP contribution in [0.25, 0.3) is 0 Å². The summed E-state index contributed by atoms with van der Waals surface area (Å²) in [6, 6.07) is -1.30. The van der Waals surface area contributed by atoms with E-state index in [1.54, 1.807) is 4.90 Å². The van der Waals surface area contributed by atoms with Gasteiger partial charge in [0.2, 0.25) is 11.6 Å². The van der Waals surface area contributed by atoms with Crippen LogP contribution in [0.5, 0.6) is 0 Å². The molecule has 2 amide bonds. The topological polar surface area (TPSA) is 155 Å². The van der Waals surface area contributed by atoms with E-state index in [4.69, 9.17) is 14.0 Å². The van der Waals surface area contributed by atoms with Gasteiger partial charge in [-0.05, 0) is 13.0 Å². The maximum Gasteiger partial charge on any atom is 0.414 e. The largest absolute Gasteiger partial charge is 0.414 e. The molecule has 3 atom stereocenters. The lowest BCUT2D eigenvalue weighted by molar-refractivity contribution is -0.190. The predicted molar refractivity (Wildman–Crippen MR) is 102 cm³/mol. The van der Waals surface area contributed by atoms with Crippen LogP contribution in [-0.4, -0.2) is 116 Å². The minimum atomic E-state index is -4.41. The lowest BCUT2D eigenvalue weighted by atomic mass is 9.82. The van der Waals surface area contributed by atoms with Crippen molar-refractivity contribution in [2.45, 2.75) is 25.0 Å². The number of ketones is 2. The monoisotopic (exact) mass is 450 g/mol. The molecule has 0 aromatic carbocycles. The molecule has 1 aliphatic carbocycles. The van der Waals surface area contributed by atoms with E-state index in [1.807, 2.05) is 0 Å². The fraction of sp³-hybridized carbons (Fsp3) is 0.750. The first-order chi connectivity index (χ1) is 13.9. The van der Waals surface area contributed by atoms with Gasteiger partial charge in [0.25, 0.3) is 0 Å². The van der Waals surface area contributed by atoms with Crippen molar-refractivity contribution in [3.8, 4) is 0 Å². The van der Waals surface area contributed by atoms with Crippen LogP contribution in [0, 0.1) is 0 Å². The summed E-state index contributed by atoms with van der Waals surface area (Å²) in [7, 11) is 1.06. The van der Waals surface area contributed by atoms with Gasteiger partial charge < -0.3 is 29.5 Å². The van der Waals surface area contributed by atoms with Crippen molar-refractivity contribution in [1.29, 1.82) is 0 Å². The van der Waals surface area contributed by atoms with Crippen LogP contribution in [0.15, 0.2) is 0 Å². The molecule has 30 heavy (non-hydrogen) atoms. The maximum atomic E-state index is 12.5. The second kappa shape index (κ2) is 9.84. The van der Waals surface area contributed by atoms with E-state index in [0.717, 1.165) is 9.80 Å². The molecule has 2 rings (SSSR count). The zero-order valence-corrected chi connectivity index (χ0v) is 18.2. The molecule has 1 saturated heterocycles. The molecular formula is C16H27N4O9P. The Morgan fingerprint density at radius 3 is 2.27 bits per heavy atom. The summed E-state index contributed by atoms with van der Waals surface area (Å²) in [5.41, 5.74) is 0. The highest BCUT2D eigenvalue weighted by atomic mass is 31.2. The Labute approximate surface area is 173 Å². The highest BCUT2D eigenvalue weighted by Crippen LogP contribution is 2.44. The Balaban J connectivity index is 2.01. The van der Waals surface area contributed by atoms with Crippen molar-refractivity contribution in [3.05, 3.63) is 0 Å². The Bertz CT molecular complexity index is 722. The van der Waals surface area contributed by atoms with Crippen molar-refractivity contribution in [2.24, 2.45) is 0 Å². The zero-order chi connectivity index (χ0) is 22.6. The predicted octanol–water partition coefficient (Wildman–Crippen LogP) is -0.947. The first-order valence-corrected chi connectivity index (χ1v) is 11.0. The minimum absolute atomic E-state index is 0.0222. The number of hydrogen-bond acceptors (Lipinski definition) is 10. The van der Waals surface area contributed by atoms with Crippen LogP contribution in [0.1, 0.15) is 6.42 Å². The van der Waals surface area contributed by atoms with E-state index in [9.17, 15) is 28.6 Å². The number of rotatable bonds is 7. The molecule has 1 heterocycles. The number of nitrogens with zero attached hydrogens (tertiary/aromatic N) is 3. The average molecular weight is 450 g/mol. The Morgan fingerprint density at radius 2 is 1.73 bits per heavy atom. The summed E-state index contributed by atoms with van der Waals surface area (Å²) >= 11 is 0. The van der Waals surface area contributed by atoms with Gasteiger partial charge in [0, 0.05) is 41.3 Å². The third kappa shape index (κ3) is 5.99. The maximum absolute atomic E-state index is 12.5. The van der Waals surface area contributed by atoms with Crippen molar-refractivity contribution in [3.63, 3.8) is 0 Å². The number of Topliss-reactive ketones (excluding diaryl/α,β-unsaturated/α-hetero) is 2. The molecule has 0 spiro atoms. The average Bonchev–Trinajstić information content (AvgIpc) is 2.85. The first kappa shape index (κ1) is 24.2. The molecule has 1 aliphatic heterocycles. The lowest BCUT2D eigenvalue weighted by Gasteiger charge is -2.39. The normalized spacial score (nSPS) is 23.7. The van der Waals surface area contributed by atoms with E-state index < -0.39 is 56.1 Å². The van der Waals surface area contributed by atoms with Gasteiger partial charge >= 0.3 is 26.3 Å². The summed E-state index contributed by atoms with van der Waals surface area (Å²) in [6.07, 6.45) is -1.70. The van der Waals surface area contributed by atoms with Gasteiger partial charge in [0.15, 0.2) is 0 Å². The van der Waals surface area contributed by atoms with Crippen LogP contribution in [0.2, 0.25) is 0 Å². The lowest BCUT2D eigenvalue weighted by Crippen LogP contribution is -2.69. The molecular weight excluding hydrogens is 423 g/mol. The molecule has 0 aromatic heterocycles. The third-order valence-electron chi connectivity index (χ3n) is 4.53. The van der Waals surface area contributed by atoms with Gasteiger partial charge in [-0.15, -0.1) is 0 Å². The fourth-order valence-electron chi connectivity index (χ4n) is 2.89. The van der Waals surface area contributed by atoms with Gasteiger partial charge in [-0.3, -0.25) is 19.1 Å². The number of amides is 2. The molecule has 2 fully saturated rings. The second-order valence-corrected chi connectivity index (χ2v) is 9.24. The molecule has 0 radical (unpaired) electrons. The highest BCUT2D eigenvalue weighted by Gasteiger charge is 2.52. The van der Waals surface area contributed by atoms with Gasteiger partial charge in [0.1, 0.15) is 0 Å². The van der Waals surface area contributed by atoms with Gasteiger partial charge in [-0.1, -0.05) is 0 Å². The molecule has 170 valence electrons. The van der Waals surface area contributed by atoms with Gasteiger partial charge in [-0.2, -0.15) is 0 Å². The molecule has 0 bridgehead atoms. The fourth-order valence-corrected chi connectivity index (χ4v) is 3.86. The molecule has 13 nitrogen and oxygen atoms in total. The van der Waals surface area contributed by atoms with Crippen molar-refractivity contribution in [1.82, 2.24) is 20.0 Å². The number of carbonyl (C=O) groups is 4. The summed E-state index contributed by atoms with van der Waals surface area (Å²) < 4.78 is 27.0. The van der Waals surface area contributed by atoms with Crippen LogP contribution in [0.3, 0.4) is 0 Å². The Hall–Kier alpha value is -2.05. The number of carbonyl (C=O) groups excluding carboxylic acids is 4. The minimum Gasteiger partial charge on any atom is -0.383 e. The van der Waals surface area contributed by atoms with Crippen LogP contribution in [0.4, 0.5) is 9.59 Å². The molecule has 2 N–H and O–H groups in total. The molecule has 3 unspecified atom stereocenters. The number of hydrogen-bond donors (Lipinski definition) is 2. The van der Waals surface area contributed by atoms with E-state index in [2.05, 4.69) is 5.32 Å². The van der Waals surface area contributed by atoms with Crippen molar-refractivity contribution in [2.75, 3.05) is 54.0 Å². The van der Waals surface area contributed by atoms with E-state index in [-0.39, 0.29) is 6.54 Å². The number of nitrogens with one attached hydrogen (secondary N) is 1. The van der Waals surface area contributed by atoms with Crippen molar-refractivity contribution >= 4 is 31.3 Å². The second-order valence-electron chi connectivity index (χ2n) is 7.31. The van der Waals surface area contributed by atoms with Gasteiger partial charge in [-0.25, -0.2) is 14.1 Å². The van der Waals surface area contributed by atoms with Crippen LogP contribution in [-0.2, 0) is 28.2 Å². The van der Waals surface area contributed by atoms with Crippen molar-refractivity contribution < 1.29 is 42.6 Å². The van der Waals surface area contributed by atoms with E-state index in [0.29, 0.717) is 19.5 Å². The highest BCUT2D eigenvalue weighted by molar-refractivity contribution is 7.52. The number of fused-ring (bicyclic) bond motifs is 1. The van der Waals surface area contributed by atoms with Crippen LogP contribution < -0.4 is 5.32 Å². The summed E-state index contributed by atoms with van der Waals surface area (Å²) in [6.45, 7) is -1.07. The van der Waals surface area contributed by atoms with E-state index in [1.165, 1.54) is 28.2 Å².